The molecule has 0 saturated heterocycles. The predicted molar refractivity (Wildman–Crippen MR) is 85.9 cm³/mol. The molecule has 0 bridgehead atoms. The number of methoxy groups -OCH3 is 1. The molecular weight excluding hydrogens is 326 g/mol. The van der Waals surface area contributed by atoms with Crippen molar-refractivity contribution < 1.29 is 14.3 Å². The molecule has 1 N–H and O–H groups in total. The first kappa shape index (κ1) is 16.7. The minimum atomic E-state index is -0.308. The average molecular weight is 342 g/mol. The van der Waals surface area contributed by atoms with Crippen molar-refractivity contribution >= 4 is 34.0 Å². The summed E-state index contributed by atoms with van der Waals surface area (Å²) in [5, 5.41) is 12.1. The molecule has 1 amide bonds. The molecular formula is C14H16ClN3O3S. The summed E-state index contributed by atoms with van der Waals surface area (Å²) >= 11 is 7.34. The molecule has 1 aromatic carbocycles. The number of aromatic nitrogens is 2. The molecule has 6 nitrogen and oxygen atoms in total. The van der Waals surface area contributed by atoms with E-state index in [2.05, 4.69) is 15.5 Å². The molecule has 22 heavy (non-hydrogen) atoms. The molecule has 1 aromatic heterocycles. The number of anilines is 1. The minimum Gasteiger partial charge on any atom is -0.492 e. The predicted octanol–water partition coefficient (Wildman–Crippen LogP) is 3.55. The summed E-state index contributed by atoms with van der Waals surface area (Å²) in [5.74, 6) is 0.241. The van der Waals surface area contributed by atoms with Gasteiger partial charge in [-0.3, -0.25) is 10.1 Å². The highest BCUT2D eigenvalue weighted by Crippen LogP contribution is 2.27. The van der Waals surface area contributed by atoms with E-state index in [1.807, 2.05) is 13.8 Å². The molecule has 2 aromatic rings. The van der Waals surface area contributed by atoms with Crippen molar-refractivity contribution in [2.24, 2.45) is 0 Å². The van der Waals surface area contributed by atoms with Crippen LogP contribution in [0.1, 0.15) is 35.3 Å². The van der Waals surface area contributed by atoms with Crippen molar-refractivity contribution in [2.75, 3.05) is 19.0 Å². The number of amides is 1. The molecule has 0 aliphatic carbocycles. The van der Waals surface area contributed by atoms with Gasteiger partial charge in [0.15, 0.2) is 0 Å². The standard InChI is InChI=1S/C14H16ClN3O3S/c1-4-21-11-6-5-9(7-10(11)15)12(19)16-14-18-17-13(22-14)8(2)20-3/h5-8H,4H2,1-3H3,(H,16,18,19). The van der Waals surface area contributed by atoms with Gasteiger partial charge < -0.3 is 9.47 Å². The lowest BCUT2D eigenvalue weighted by atomic mass is 10.2. The second-order valence-electron chi connectivity index (χ2n) is 4.36. The van der Waals surface area contributed by atoms with Crippen molar-refractivity contribution in [3.05, 3.63) is 33.8 Å². The van der Waals surface area contributed by atoms with Crippen LogP contribution in [-0.4, -0.2) is 29.8 Å². The van der Waals surface area contributed by atoms with E-state index in [4.69, 9.17) is 21.1 Å². The molecule has 0 aliphatic heterocycles. The normalized spacial score (nSPS) is 12.0. The lowest BCUT2D eigenvalue weighted by Gasteiger charge is -2.07. The summed E-state index contributed by atoms with van der Waals surface area (Å²) in [4.78, 5) is 12.2. The maximum absolute atomic E-state index is 12.2. The third-order valence-electron chi connectivity index (χ3n) is 2.86. The lowest BCUT2D eigenvalue weighted by molar-refractivity contribution is 0.102. The maximum atomic E-state index is 12.2. The first-order chi connectivity index (χ1) is 10.5. The van der Waals surface area contributed by atoms with E-state index < -0.39 is 0 Å². The molecule has 1 atom stereocenters. The van der Waals surface area contributed by atoms with Gasteiger partial charge in [-0.05, 0) is 32.0 Å². The average Bonchev–Trinajstić information content (AvgIpc) is 2.97. The number of carbonyl (C=O) groups excluding carboxylic acids is 1. The highest BCUT2D eigenvalue weighted by atomic mass is 35.5. The largest absolute Gasteiger partial charge is 0.492 e. The van der Waals surface area contributed by atoms with Crippen molar-refractivity contribution in [1.82, 2.24) is 10.2 Å². The Labute approximate surface area is 137 Å². The van der Waals surface area contributed by atoms with Crippen molar-refractivity contribution in [3.8, 4) is 5.75 Å². The number of nitrogens with one attached hydrogen (secondary N) is 1. The zero-order valence-corrected chi connectivity index (χ0v) is 14.0. The van der Waals surface area contributed by atoms with Gasteiger partial charge in [-0.25, -0.2) is 0 Å². The zero-order valence-electron chi connectivity index (χ0n) is 12.4. The molecule has 0 spiro atoms. The van der Waals surface area contributed by atoms with E-state index in [1.54, 1.807) is 25.3 Å². The SMILES string of the molecule is CCOc1ccc(C(=O)Nc2nnc(C(C)OC)s2)cc1Cl. The quantitative estimate of drug-likeness (QED) is 0.869. The van der Waals surface area contributed by atoms with Gasteiger partial charge >= 0.3 is 0 Å². The number of halogens is 1. The fourth-order valence-electron chi connectivity index (χ4n) is 1.63. The topological polar surface area (TPSA) is 73.3 Å². The van der Waals surface area contributed by atoms with Gasteiger partial charge in [0.1, 0.15) is 16.9 Å². The van der Waals surface area contributed by atoms with Crippen LogP contribution in [0.25, 0.3) is 0 Å². The molecule has 0 saturated carbocycles. The number of rotatable bonds is 6. The van der Waals surface area contributed by atoms with E-state index in [0.717, 1.165) is 0 Å². The first-order valence-electron chi connectivity index (χ1n) is 6.65. The van der Waals surface area contributed by atoms with E-state index in [1.165, 1.54) is 11.3 Å². The first-order valence-corrected chi connectivity index (χ1v) is 7.84. The lowest BCUT2D eigenvalue weighted by Crippen LogP contribution is -2.11. The Kier molecular flexibility index (Phi) is 5.70. The molecule has 118 valence electrons. The molecule has 1 heterocycles. The van der Waals surface area contributed by atoms with E-state index >= 15 is 0 Å². The Morgan fingerprint density at radius 3 is 2.86 bits per heavy atom. The summed E-state index contributed by atoms with van der Waals surface area (Å²) in [5.41, 5.74) is 0.421. The summed E-state index contributed by atoms with van der Waals surface area (Å²) in [7, 11) is 1.59. The molecule has 0 radical (unpaired) electrons. The van der Waals surface area contributed by atoms with Gasteiger partial charge in [0.05, 0.1) is 11.6 Å². The van der Waals surface area contributed by atoms with Crippen LogP contribution in [0, 0.1) is 0 Å². The van der Waals surface area contributed by atoms with Crippen molar-refractivity contribution in [1.29, 1.82) is 0 Å². The van der Waals surface area contributed by atoms with Gasteiger partial charge in [0.25, 0.3) is 5.91 Å². The minimum absolute atomic E-state index is 0.164. The molecule has 1 unspecified atom stereocenters. The molecule has 2 rings (SSSR count). The number of hydrogen-bond acceptors (Lipinski definition) is 6. The van der Waals surface area contributed by atoms with Gasteiger partial charge in [-0.1, -0.05) is 22.9 Å². The zero-order chi connectivity index (χ0) is 16.1. The Morgan fingerprint density at radius 1 is 1.45 bits per heavy atom. The third-order valence-corrected chi connectivity index (χ3v) is 4.15. The van der Waals surface area contributed by atoms with Crippen molar-refractivity contribution in [3.63, 3.8) is 0 Å². The third kappa shape index (κ3) is 3.94. The Hall–Kier alpha value is -1.70. The van der Waals surface area contributed by atoms with Crippen LogP contribution in [0.15, 0.2) is 18.2 Å². The van der Waals surface area contributed by atoms with Crippen molar-refractivity contribution in [2.45, 2.75) is 20.0 Å². The highest BCUT2D eigenvalue weighted by Gasteiger charge is 2.15. The van der Waals surface area contributed by atoms with Gasteiger partial charge in [0.2, 0.25) is 5.13 Å². The Balaban J connectivity index is 2.09. The van der Waals surface area contributed by atoms with Gasteiger partial charge in [0, 0.05) is 12.7 Å². The number of hydrogen-bond donors (Lipinski definition) is 1. The fraction of sp³-hybridized carbons (Fsp3) is 0.357. The second-order valence-corrected chi connectivity index (χ2v) is 5.77. The van der Waals surface area contributed by atoms with Crippen LogP contribution in [0.5, 0.6) is 5.75 Å². The maximum Gasteiger partial charge on any atom is 0.257 e. The summed E-state index contributed by atoms with van der Waals surface area (Å²) in [6, 6.07) is 4.87. The monoisotopic (exact) mass is 341 g/mol. The molecule has 8 heteroatoms. The Bertz CT molecular complexity index is 663. The summed E-state index contributed by atoms with van der Waals surface area (Å²) < 4.78 is 10.5. The second kappa shape index (κ2) is 7.53. The fourth-order valence-corrected chi connectivity index (χ4v) is 2.64. The van der Waals surface area contributed by atoms with E-state index in [9.17, 15) is 4.79 Å². The van der Waals surface area contributed by atoms with Crippen LogP contribution in [0.4, 0.5) is 5.13 Å². The molecule has 0 aliphatic rings. The van der Waals surface area contributed by atoms with Crippen LogP contribution in [-0.2, 0) is 4.74 Å². The Morgan fingerprint density at radius 2 is 2.23 bits per heavy atom. The van der Waals surface area contributed by atoms with Gasteiger partial charge in [-0.2, -0.15) is 0 Å². The van der Waals surface area contributed by atoms with Crippen LogP contribution in [0.3, 0.4) is 0 Å². The van der Waals surface area contributed by atoms with E-state index in [0.29, 0.717) is 33.1 Å². The summed E-state index contributed by atoms with van der Waals surface area (Å²) in [6.45, 7) is 4.24. The summed E-state index contributed by atoms with van der Waals surface area (Å²) in [6.07, 6.45) is -0.164. The highest BCUT2D eigenvalue weighted by molar-refractivity contribution is 7.15. The number of ether oxygens (including phenoxy) is 2. The van der Waals surface area contributed by atoms with Crippen LogP contribution >= 0.6 is 22.9 Å². The van der Waals surface area contributed by atoms with Crippen LogP contribution in [0.2, 0.25) is 5.02 Å². The van der Waals surface area contributed by atoms with E-state index in [-0.39, 0.29) is 12.0 Å². The smallest absolute Gasteiger partial charge is 0.257 e. The van der Waals surface area contributed by atoms with Crippen LogP contribution < -0.4 is 10.1 Å². The number of nitrogens with zero attached hydrogens (tertiary/aromatic N) is 2. The number of benzene rings is 1. The number of carbonyl (C=O) groups is 1. The van der Waals surface area contributed by atoms with Gasteiger partial charge in [-0.15, -0.1) is 10.2 Å². The molecule has 0 fully saturated rings.